The molecular weight excluding hydrogens is 471 g/mol. The van der Waals surface area contributed by atoms with Crippen LogP contribution >= 0.6 is 0 Å². The molecule has 0 aliphatic carbocycles. The molecule has 0 spiro atoms. The van der Waals surface area contributed by atoms with Gasteiger partial charge < -0.3 is 19.5 Å². The highest BCUT2D eigenvalue weighted by Crippen LogP contribution is 2.35. The lowest BCUT2D eigenvalue weighted by atomic mass is 10.1. The molecule has 1 heterocycles. The molecule has 0 fully saturated rings. The smallest absolute Gasteiger partial charge is 0.408 e. The topological polar surface area (TPSA) is 63.6 Å². The van der Waals surface area contributed by atoms with Gasteiger partial charge in [0.25, 0.3) is 5.91 Å². The van der Waals surface area contributed by atoms with Gasteiger partial charge in [-0.25, -0.2) is 18.0 Å². The number of halogens is 3. The van der Waals surface area contributed by atoms with Gasteiger partial charge in [-0.05, 0) is 61.9 Å². The minimum Gasteiger partial charge on any atom is -0.408 e. The highest BCUT2D eigenvalue weighted by Gasteiger charge is 2.21. The maximum atomic E-state index is 14.3. The Morgan fingerprint density at radius 3 is 2.28 bits per heavy atom. The lowest BCUT2D eigenvalue weighted by Crippen LogP contribution is -2.33. The molecule has 0 atom stereocenters. The van der Waals surface area contributed by atoms with E-state index in [1.54, 1.807) is 36.5 Å². The van der Waals surface area contributed by atoms with Gasteiger partial charge in [-0.2, -0.15) is 0 Å². The second-order valence-electron chi connectivity index (χ2n) is 8.06. The number of nitrogens with zero attached hydrogens (tertiary/aromatic N) is 2. The van der Waals surface area contributed by atoms with Crippen LogP contribution in [0.3, 0.4) is 0 Å². The molecule has 0 saturated heterocycles. The summed E-state index contributed by atoms with van der Waals surface area (Å²) in [6.45, 7) is 4.89. The first-order valence-corrected chi connectivity index (χ1v) is 11.4. The van der Waals surface area contributed by atoms with Crippen molar-refractivity contribution in [3.05, 3.63) is 95.4 Å². The zero-order valence-electron chi connectivity index (χ0n) is 19.7. The lowest BCUT2D eigenvalue weighted by Gasteiger charge is -2.20. The quantitative estimate of drug-likeness (QED) is 0.332. The van der Waals surface area contributed by atoms with E-state index in [1.165, 1.54) is 17.0 Å². The average molecular weight is 496 g/mol. The fourth-order valence-corrected chi connectivity index (χ4v) is 3.89. The number of hydrogen-bond donors (Lipinski definition) is 1. The van der Waals surface area contributed by atoms with E-state index >= 15 is 0 Å². The van der Waals surface area contributed by atoms with E-state index in [2.05, 4.69) is 5.32 Å². The van der Waals surface area contributed by atoms with Crippen LogP contribution in [0.1, 0.15) is 29.8 Å². The summed E-state index contributed by atoms with van der Waals surface area (Å²) in [6.07, 6.45) is 1.17. The molecule has 0 radical (unpaired) electrons. The second-order valence-corrected chi connectivity index (χ2v) is 8.06. The summed E-state index contributed by atoms with van der Waals surface area (Å²) in [5.41, 5.74) is 1.35. The third-order valence-corrected chi connectivity index (χ3v) is 5.81. The number of fused-ring (bicyclic) bond motifs is 1. The van der Waals surface area contributed by atoms with Crippen LogP contribution in [0.5, 0.6) is 5.75 Å². The average Bonchev–Trinajstić information content (AvgIpc) is 3.25. The van der Waals surface area contributed by atoms with E-state index in [0.29, 0.717) is 36.6 Å². The molecule has 9 heteroatoms. The van der Waals surface area contributed by atoms with Gasteiger partial charge in [-0.3, -0.25) is 4.79 Å². The number of anilines is 1. The Balaban J connectivity index is 1.74. The zero-order valence-corrected chi connectivity index (χ0v) is 19.7. The third-order valence-electron chi connectivity index (χ3n) is 5.81. The Labute approximate surface area is 205 Å². The summed E-state index contributed by atoms with van der Waals surface area (Å²) in [7, 11) is 0. The molecule has 186 valence electrons. The van der Waals surface area contributed by atoms with Crippen molar-refractivity contribution >= 4 is 28.6 Å². The molecule has 4 rings (SSSR count). The first kappa shape index (κ1) is 24.8. The molecule has 0 aliphatic heterocycles. The van der Waals surface area contributed by atoms with Crippen molar-refractivity contribution < 1.29 is 27.5 Å². The van der Waals surface area contributed by atoms with Crippen molar-refractivity contribution in [2.75, 3.05) is 18.4 Å². The summed E-state index contributed by atoms with van der Waals surface area (Å²) in [5, 5.41) is 3.17. The number of rotatable bonds is 7. The minimum atomic E-state index is -1.02. The molecule has 2 amide bonds. The molecule has 3 aromatic carbocycles. The maximum Gasteiger partial charge on any atom is 0.415 e. The molecule has 1 N–H and O–H groups in total. The summed E-state index contributed by atoms with van der Waals surface area (Å²) in [5.74, 6) is -2.91. The monoisotopic (exact) mass is 495 g/mol. The van der Waals surface area contributed by atoms with Crippen molar-refractivity contribution in [2.45, 2.75) is 20.4 Å². The second kappa shape index (κ2) is 10.6. The van der Waals surface area contributed by atoms with Crippen LogP contribution in [0.2, 0.25) is 0 Å². The largest absolute Gasteiger partial charge is 0.415 e. The lowest BCUT2D eigenvalue weighted by molar-refractivity contribution is 0.102. The molecule has 0 unspecified atom stereocenters. The Morgan fingerprint density at radius 1 is 0.917 bits per heavy atom. The summed E-state index contributed by atoms with van der Waals surface area (Å²) in [4.78, 5) is 27.0. The van der Waals surface area contributed by atoms with Crippen molar-refractivity contribution in [2.24, 2.45) is 0 Å². The van der Waals surface area contributed by atoms with E-state index in [1.807, 2.05) is 18.4 Å². The number of benzene rings is 3. The summed E-state index contributed by atoms with van der Waals surface area (Å²) in [6, 6.07) is 13.7. The Bertz CT molecular complexity index is 1410. The highest BCUT2D eigenvalue weighted by molar-refractivity contribution is 6.10. The van der Waals surface area contributed by atoms with E-state index in [9.17, 15) is 22.8 Å². The number of amides is 2. The molecule has 6 nitrogen and oxygen atoms in total. The number of aromatic nitrogens is 1. The van der Waals surface area contributed by atoms with Gasteiger partial charge in [-0.15, -0.1) is 0 Å². The standard InChI is InChI=1S/C27H24F3N3O3/c1-3-32(4-2)27(35)36-24-12-11-23-21(13-14-33(23)16-17-5-7-18(28)8-6-17)25(24)31-26(34)20-10-9-19(29)15-22(20)30/h5-15H,3-4,16H2,1-2H3,(H,31,34). The van der Waals surface area contributed by atoms with Crippen LogP contribution in [-0.4, -0.2) is 34.6 Å². The van der Waals surface area contributed by atoms with E-state index in [4.69, 9.17) is 4.74 Å². The number of ether oxygens (including phenoxy) is 1. The number of carbonyl (C=O) groups excluding carboxylic acids is 2. The van der Waals surface area contributed by atoms with Gasteiger partial charge in [-0.1, -0.05) is 12.1 Å². The van der Waals surface area contributed by atoms with Crippen LogP contribution in [0.4, 0.5) is 23.7 Å². The highest BCUT2D eigenvalue weighted by atomic mass is 19.1. The van der Waals surface area contributed by atoms with Crippen LogP contribution in [-0.2, 0) is 6.54 Å². The predicted molar refractivity (Wildman–Crippen MR) is 131 cm³/mol. The Hall–Kier alpha value is -4.27. The molecule has 4 aromatic rings. The molecule has 36 heavy (non-hydrogen) atoms. The first-order valence-electron chi connectivity index (χ1n) is 11.4. The summed E-state index contributed by atoms with van der Waals surface area (Å²) >= 11 is 0. The molecule has 0 saturated carbocycles. The Morgan fingerprint density at radius 2 is 1.61 bits per heavy atom. The number of carbonyl (C=O) groups is 2. The molecule has 1 aromatic heterocycles. The predicted octanol–water partition coefficient (Wildman–Crippen LogP) is 6.20. The fourth-order valence-electron chi connectivity index (χ4n) is 3.89. The first-order chi connectivity index (χ1) is 17.3. The van der Waals surface area contributed by atoms with E-state index < -0.39 is 23.6 Å². The van der Waals surface area contributed by atoms with Crippen LogP contribution < -0.4 is 10.1 Å². The van der Waals surface area contributed by atoms with Gasteiger partial charge in [0.1, 0.15) is 17.5 Å². The van der Waals surface area contributed by atoms with Crippen molar-refractivity contribution in [1.82, 2.24) is 9.47 Å². The Kier molecular flexibility index (Phi) is 7.28. The van der Waals surface area contributed by atoms with Gasteiger partial charge in [0.05, 0.1) is 16.8 Å². The van der Waals surface area contributed by atoms with Gasteiger partial charge >= 0.3 is 6.09 Å². The van der Waals surface area contributed by atoms with Gasteiger partial charge in [0, 0.05) is 37.3 Å². The SMILES string of the molecule is CCN(CC)C(=O)Oc1ccc2c(ccn2Cc2ccc(F)cc2)c1NC(=O)c1ccc(F)cc1F. The van der Waals surface area contributed by atoms with Crippen molar-refractivity contribution in [1.29, 1.82) is 0 Å². The fraction of sp³-hybridized carbons (Fsp3) is 0.185. The van der Waals surface area contributed by atoms with Crippen molar-refractivity contribution in [3.63, 3.8) is 0 Å². The summed E-state index contributed by atoms with van der Waals surface area (Å²) < 4.78 is 48.4. The molecule has 0 aliphatic rings. The van der Waals surface area contributed by atoms with Crippen LogP contribution in [0.25, 0.3) is 10.9 Å². The number of hydrogen-bond acceptors (Lipinski definition) is 3. The van der Waals surface area contributed by atoms with Gasteiger partial charge in [0.15, 0.2) is 5.75 Å². The van der Waals surface area contributed by atoms with Crippen LogP contribution in [0.15, 0.2) is 66.9 Å². The molecule has 0 bridgehead atoms. The third kappa shape index (κ3) is 5.19. The van der Waals surface area contributed by atoms with Gasteiger partial charge in [0.2, 0.25) is 0 Å². The normalized spacial score (nSPS) is 10.9. The van der Waals surface area contributed by atoms with Crippen LogP contribution in [0, 0.1) is 17.5 Å². The van der Waals surface area contributed by atoms with E-state index in [-0.39, 0.29) is 22.8 Å². The van der Waals surface area contributed by atoms with Crippen molar-refractivity contribution in [3.8, 4) is 5.75 Å². The zero-order chi connectivity index (χ0) is 25.8. The molecular formula is C27H24F3N3O3. The van der Waals surface area contributed by atoms with E-state index in [0.717, 1.165) is 17.7 Å². The minimum absolute atomic E-state index is 0.0785. The maximum absolute atomic E-state index is 14.3. The number of nitrogens with one attached hydrogen (secondary N) is 1.